The van der Waals surface area contributed by atoms with Gasteiger partial charge in [-0.1, -0.05) is 18.2 Å². The average Bonchev–Trinajstić information content (AvgIpc) is 3.17. The van der Waals surface area contributed by atoms with Gasteiger partial charge in [-0.25, -0.2) is 4.39 Å². The van der Waals surface area contributed by atoms with Gasteiger partial charge in [-0.15, -0.1) is 0 Å². The third-order valence-corrected chi connectivity index (χ3v) is 5.66. The van der Waals surface area contributed by atoms with Crippen LogP contribution in [0.1, 0.15) is 23.2 Å². The van der Waals surface area contributed by atoms with Gasteiger partial charge in [0, 0.05) is 24.6 Å². The molecule has 2 aliphatic rings. The predicted octanol–water partition coefficient (Wildman–Crippen LogP) is 3.14. The SMILES string of the molecule is O=C(c1ccc(F)cc1)C1CCN([C@@H]2CNCC2Oc2ccccc2)CC1. The molecule has 4 nitrogen and oxygen atoms in total. The summed E-state index contributed by atoms with van der Waals surface area (Å²) in [5, 5.41) is 3.44. The number of para-hydroxylation sites is 1. The van der Waals surface area contributed by atoms with Gasteiger partial charge in [0.2, 0.25) is 0 Å². The first-order chi connectivity index (χ1) is 13.2. The van der Waals surface area contributed by atoms with Crippen molar-refractivity contribution in [3.05, 3.63) is 66.0 Å². The van der Waals surface area contributed by atoms with Crippen LogP contribution in [0.4, 0.5) is 4.39 Å². The Kier molecular flexibility index (Phi) is 5.50. The topological polar surface area (TPSA) is 41.6 Å². The summed E-state index contributed by atoms with van der Waals surface area (Å²) in [4.78, 5) is 15.1. The van der Waals surface area contributed by atoms with Gasteiger partial charge in [-0.05, 0) is 62.3 Å². The van der Waals surface area contributed by atoms with Gasteiger partial charge < -0.3 is 10.1 Å². The smallest absolute Gasteiger partial charge is 0.166 e. The highest BCUT2D eigenvalue weighted by Gasteiger charge is 2.36. The molecule has 0 saturated carbocycles. The van der Waals surface area contributed by atoms with Crippen LogP contribution in [0.2, 0.25) is 0 Å². The van der Waals surface area contributed by atoms with Crippen LogP contribution in [0.3, 0.4) is 0 Å². The highest BCUT2D eigenvalue weighted by atomic mass is 19.1. The summed E-state index contributed by atoms with van der Waals surface area (Å²) < 4.78 is 19.3. The number of Topliss-reactive ketones (excluding diaryl/α,β-unsaturated/α-hetero) is 1. The number of halogens is 1. The average molecular weight is 368 g/mol. The second-order valence-electron chi connectivity index (χ2n) is 7.38. The molecule has 1 unspecified atom stereocenters. The van der Waals surface area contributed by atoms with Crippen molar-refractivity contribution in [2.24, 2.45) is 5.92 Å². The molecule has 0 aliphatic carbocycles. The van der Waals surface area contributed by atoms with Crippen LogP contribution in [0.25, 0.3) is 0 Å². The molecule has 5 heteroatoms. The van der Waals surface area contributed by atoms with Crippen molar-refractivity contribution in [1.29, 1.82) is 0 Å². The van der Waals surface area contributed by atoms with Crippen molar-refractivity contribution in [2.45, 2.75) is 25.0 Å². The third-order valence-electron chi connectivity index (χ3n) is 5.66. The molecule has 4 rings (SSSR count). The van der Waals surface area contributed by atoms with Gasteiger partial charge in [0.05, 0.1) is 6.04 Å². The lowest BCUT2D eigenvalue weighted by Crippen LogP contribution is -2.49. The molecular weight excluding hydrogens is 343 g/mol. The Morgan fingerprint density at radius 1 is 1.00 bits per heavy atom. The van der Waals surface area contributed by atoms with E-state index in [0.717, 1.165) is 44.8 Å². The number of piperidine rings is 1. The molecule has 0 aromatic heterocycles. The van der Waals surface area contributed by atoms with Gasteiger partial charge in [0.1, 0.15) is 17.7 Å². The number of carbonyl (C=O) groups is 1. The molecule has 0 radical (unpaired) electrons. The fourth-order valence-corrected chi connectivity index (χ4v) is 4.14. The highest BCUT2D eigenvalue weighted by Crippen LogP contribution is 2.26. The lowest BCUT2D eigenvalue weighted by molar-refractivity contribution is 0.0620. The summed E-state index contributed by atoms with van der Waals surface area (Å²) in [6.07, 6.45) is 1.80. The van der Waals surface area contributed by atoms with Crippen molar-refractivity contribution in [3.8, 4) is 5.75 Å². The minimum absolute atomic E-state index is 0.0227. The van der Waals surface area contributed by atoms with Crippen LogP contribution in [-0.4, -0.2) is 49.0 Å². The predicted molar refractivity (Wildman–Crippen MR) is 103 cm³/mol. The molecule has 142 valence electrons. The van der Waals surface area contributed by atoms with Crippen molar-refractivity contribution in [3.63, 3.8) is 0 Å². The number of nitrogens with one attached hydrogen (secondary N) is 1. The molecule has 27 heavy (non-hydrogen) atoms. The van der Waals surface area contributed by atoms with Crippen LogP contribution in [0, 0.1) is 11.7 Å². The summed E-state index contributed by atoms with van der Waals surface area (Å²) >= 11 is 0. The zero-order valence-corrected chi connectivity index (χ0v) is 15.3. The Morgan fingerprint density at radius 3 is 2.41 bits per heavy atom. The van der Waals surface area contributed by atoms with Crippen molar-refractivity contribution < 1.29 is 13.9 Å². The third kappa shape index (κ3) is 4.20. The lowest BCUT2D eigenvalue weighted by atomic mass is 9.88. The maximum Gasteiger partial charge on any atom is 0.166 e. The first-order valence-electron chi connectivity index (χ1n) is 9.67. The fourth-order valence-electron chi connectivity index (χ4n) is 4.14. The maximum atomic E-state index is 13.1. The molecule has 2 atom stereocenters. The quantitative estimate of drug-likeness (QED) is 0.824. The van der Waals surface area contributed by atoms with Crippen molar-refractivity contribution in [2.75, 3.05) is 26.2 Å². The summed E-state index contributed by atoms with van der Waals surface area (Å²) in [5.41, 5.74) is 0.614. The van der Waals surface area contributed by atoms with Crippen LogP contribution in [-0.2, 0) is 0 Å². The van der Waals surface area contributed by atoms with E-state index in [4.69, 9.17) is 4.74 Å². The zero-order valence-electron chi connectivity index (χ0n) is 15.3. The normalized spacial score (nSPS) is 24.0. The minimum atomic E-state index is -0.306. The molecule has 0 spiro atoms. The Balaban J connectivity index is 1.34. The van der Waals surface area contributed by atoms with Crippen LogP contribution in [0.5, 0.6) is 5.75 Å². The van der Waals surface area contributed by atoms with E-state index in [0.29, 0.717) is 11.6 Å². The summed E-state index contributed by atoms with van der Waals surface area (Å²) in [7, 11) is 0. The van der Waals surface area contributed by atoms with Gasteiger partial charge in [-0.2, -0.15) is 0 Å². The second-order valence-corrected chi connectivity index (χ2v) is 7.38. The lowest BCUT2D eigenvalue weighted by Gasteiger charge is -2.37. The van der Waals surface area contributed by atoms with Gasteiger partial charge >= 0.3 is 0 Å². The van der Waals surface area contributed by atoms with Crippen LogP contribution >= 0.6 is 0 Å². The Labute approximate surface area is 159 Å². The first-order valence-corrected chi connectivity index (χ1v) is 9.67. The molecule has 0 bridgehead atoms. The van der Waals surface area contributed by atoms with Gasteiger partial charge in [0.25, 0.3) is 0 Å². The Morgan fingerprint density at radius 2 is 1.70 bits per heavy atom. The van der Waals surface area contributed by atoms with Crippen molar-refractivity contribution >= 4 is 5.78 Å². The van der Waals surface area contributed by atoms with Crippen LogP contribution < -0.4 is 10.1 Å². The van der Waals surface area contributed by atoms with E-state index >= 15 is 0 Å². The number of carbonyl (C=O) groups excluding carboxylic acids is 1. The summed E-state index contributed by atoms with van der Waals surface area (Å²) in [6.45, 7) is 3.53. The number of benzene rings is 2. The number of ether oxygens (including phenoxy) is 1. The maximum absolute atomic E-state index is 13.1. The summed E-state index contributed by atoms with van der Waals surface area (Å²) in [5.74, 6) is 0.753. The Bertz CT molecular complexity index is 758. The zero-order chi connectivity index (χ0) is 18.6. The van der Waals surface area contributed by atoms with E-state index in [2.05, 4.69) is 10.2 Å². The number of nitrogens with zero attached hydrogens (tertiary/aromatic N) is 1. The largest absolute Gasteiger partial charge is 0.487 e. The number of hydrogen-bond acceptors (Lipinski definition) is 4. The van der Waals surface area contributed by atoms with Crippen LogP contribution in [0.15, 0.2) is 54.6 Å². The molecule has 0 amide bonds. The molecule has 2 saturated heterocycles. The minimum Gasteiger partial charge on any atom is -0.487 e. The highest BCUT2D eigenvalue weighted by molar-refractivity contribution is 5.97. The monoisotopic (exact) mass is 368 g/mol. The van der Waals surface area contributed by atoms with E-state index in [9.17, 15) is 9.18 Å². The van der Waals surface area contributed by atoms with E-state index in [-0.39, 0.29) is 23.6 Å². The molecule has 1 N–H and O–H groups in total. The van der Waals surface area contributed by atoms with E-state index < -0.39 is 0 Å². The fraction of sp³-hybridized carbons (Fsp3) is 0.409. The molecule has 2 aromatic rings. The standard InChI is InChI=1S/C22H25FN2O2/c23-18-8-6-16(7-9-18)22(26)17-10-12-25(13-11-17)20-14-24-15-21(20)27-19-4-2-1-3-5-19/h1-9,17,20-21,24H,10-15H2/t20-,21?/m1/s1. The molecule has 2 fully saturated rings. The Hall–Kier alpha value is -2.24. The molecule has 2 aliphatic heterocycles. The number of hydrogen-bond donors (Lipinski definition) is 1. The van der Waals surface area contributed by atoms with E-state index in [1.54, 1.807) is 12.1 Å². The molecule has 2 heterocycles. The van der Waals surface area contributed by atoms with Crippen molar-refractivity contribution in [1.82, 2.24) is 10.2 Å². The molecular formula is C22H25FN2O2. The summed E-state index contributed by atoms with van der Waals surface area (Å²) in [6, 6.07) is 16.2. The number of likely N-dealkylation sites (tertiary alicyclic amines) is 1. The molecule has 2 aromatic carbocycles. The van der Waals surface area contributed by atoms with E-state index in [1.807, 2.05) is 30.3 Å². The van der Waals surface area contributed by atoms with Gasteiger partial charge in [-0.3, -0.25) is 9.69 Å². The van der Waals surface area contributed by atoms with Gasteiger partial charge in [0.15, 0.2) is 5.78 Å². The number of ketones is 1. The number of rotatable bonds is 5. The second kappa shape index (κ2) is 8.19. The van der Waals surface area contributed by atoms with E-state index in [1.165, 1.54) is 12.1 Å². The first kappa shape index (κ1) is 18.1.